The number of morpholine rings is 1. The summed E-state index contributed by atoms with van der Waals surface area (Å²) >= 11 is 7.03. The van der Waals surface area contributed by atoms with Gasteiger partial charge in [0.15, 0.2) is 5.11 Å². The maximum absolute atomic E-state index is 12.0. The van der Waals surface area contributed by atoms with Crippen molar-refractivity contribution in [3.05, 3.63) is 16.0 Å². The summed E-state index contributed by atoms with van der Waals surface area (Å²) in [5.41, 5.74) is 1.51. The number of thiocarbonyl (C=S) groups is 1. The first-order valence-electron chi connectivity index (χ1n) is 7.23. The van der Waals surface area contributed by atoms with Crippen LogP contribution in [-0.4, -0.2) is 48.4 Å². The van der Waals surface area contributed by atoms with E-state index in [1.807, 2.05) is 27.7 Å². The van der Waals surface area contributed by atoms with Gasteiger partial charge < -0.3 is 19.7 Å². The van der Waals surface area contributed by atoms with Gasteiger partial charge in [-0.15, -0.1) is 11.3 Å². The molecule has 1 saturated heterocycles. The highest BCUT2D eigenvalue weighted by molar-refractivity contribution is 7.80. The first kappa shape index (κ1) is 17.2. The first-order valence-corrected chi connectivity index (χ1v) is 8.45. The molecule has 0 spiro atoms. The molecule has 0 amide bonds. The molecule has 0 saturated carbocycles. The Hall–Kier alpha value is -1.18. The largest absolute Gasteiger partial charge is 0.465 e. The van der Waals surface area contributed by atoms with Crippen LogP contribution >= 0.6 is 23.6 Å². The van der Waals surface area contributed by atoms with Crippen LogP contribution in [0.1, 0.15) is 34.6 Å². The Morgan fingerprint density at radius 1 is 1.36 bits per heavy atom. The summed E-state index contributed by atoms with van der Waals surface area (Å²) in [6.45, 7) is 9.46. The fourth-order valence-corrected chi connectivity index (χ4v) is 3.95. The molecule has 1 aromatic heterocycles. The number of ether oxygens (including phenoxy) is 2. The standard InChI is InChI=1S/C15H22N2O3S2/c1-8-6-17(7-9(2)20-8)15(21)16-13-12(14(18)19-5)10(3)11(4)22-13/h8-9H,6-7H2,1-5H3,(H,16,21)/t8-,9+. The molecule has 0 unspecified atom stereocenters. The summed E-state index contributed by atoms with van der Waals surface area (Å²) in [5, 5.41) is 4.59. The molecule has 0 aliphatic carbocycles. The maximum atomic E-state index is 12.0. The van der Waals surface area contributed by atoms with Crippen molar-refractivity contribution in [1.29, 1.82) is 0 Å². The van der Waals surface area contributed by atoms with E-state index < -0.39 is 0 Å². The molecule has 0 bridgehead atoms. The summed E-state index contributed by atoms with van der Waals surface area (Å²) in [5.74, 6) is -0.337. The minimum Gasteiger partial charge on any atom is -0.465 e. The van der Waals surface area contributed by atoms with E-state index in [9.17, 15) is 4.79 Å². The number of rotatable bonds is 2. The van der Waals surface area contributed by atoms with Gasteiger partial charge in [0.1, 0.15) is 5.00 Å². The van der Waals surface area contributed by atoms with Crippen LogP contribution in [-0.2, 0) is 9.47 Å². The van der Waals surface area contributed by atoms with Crippen LogP contribution < -0.4 is 5.32 Å². The van der Waals surface area contributed by atoms with Crippen LogP contribution in [0, 0.1) is 13.8 Å². The van der Waals surface area contributed by atoms with E-state index in [0.29, 0.717) is 10.7 Å². The third-order valence-corrected chi connectivity index (χ3v) is 5.19. The van der Waals surface area contributed by atoms with Crippen molar-refractivity contribution in [3.63, 3.8) is 0 Å². The smallest absolute Gasteiger partial charge is 0.341 e. The second-order valence-electron chi connectivity index (χ2n) is 5.57. The lowest BCUT2D eigenvalue weighted by atomic mass is 10.1. The van der Waals surface area contributed by atoms with Gasteiger partial charge in [-0.25, -0.2) is 4.79 Å². The molecule has 1 N–H and O–H groups in total. The average molecular weight is 342 g/mol. The lowest BCUT2D eigenvalue weighted by Crippen LogP contribution is -2.49. The minimum absolute atomic E-state index is 0.135. The summed E-state index contributed by atoms with van der Waals surface area (Å²) in [6.07, 6.45) is 0.269. The Balaban J connectivity index is 2.18. The Kier molecular flexibility index (Phi) is 5.41. The summed E-state index contributed by atoms with van der Waals surface area (Å²) in [4.78, 5) is 15.2. The molecule has 0 aromatic carbocycles. The fraction of sp³-hybridized carbons (Fsp3) is 0.600. The van der Waals surface area contributed by atoms with Gasteiger partial charge >= 0.3 is 5.97 Å². The van der Waals surface area contributed by atoms with E-state index in [2.05, 4.69) is 10.2 Å². The number of nitrogens with zero attached hydrogens (tertiary/aromatic N) is 1. The van der Waals surface area contributed by atoms with Gasteiger partial charge in [0.05, 0.1) is 24.9 Å². The minimum atomic E-state index is -0.337. The number of esters is 1. The van der Waals surface area contributed by atoms with E-state index in [1.165, 1.54) is 18.4 Å². The van der Waals surface area contributed by atoms with Gasteiger partial charge in [-0.1, -0.05) is 0 Å². The summed E-state index contributed by atoms with van der Waals surface area (Å²) in [6, 6.07) is 0. The molecular formula is C15H22N2O3S2. The van der Waals surface area contributed by atoms with E-state index >= 15 is 0 Å². The second-order valence-corrected chi connectivity index (χ2v) is 7.18. The zero-order chi connectivity index (χ0) is 16.4. The number of hydrogen-bond acceptors (Lipinski definition) is 5. The number of nitrogens with one attached hydrogen (secondary N) is 1. The highest BCUT2D eigenvalue weighted by Crippen LogP contribution is 2.33. The number of hydrogen-bond donors (Lipinski definition) is 1. The third-order valence-electron chi connectivity index (χ3n) is 3.70. The molecule has 1 aliphatic heterocycles. The molecule has 0 radical (unpaired) electrons. The van der Waals surface area contributed by atoms with Crippen molar-refractivity contribution >= 4 is 39.6 Å². The average Bonchev–Trinajstić information content (AvgIpc) is 2.72. The van der Waals surface area contributed by atoms with E-state index in [-0.39, 0.29) is 18.2 Å². The number of anilines is 1. The predicted molar refractivity (Wildman–Crippen MR) is 92.9 cm³/mol. The van der Waals surface area contributed by atoms with Gasteiger partial charge in [0, 0.05) is 18.0 Å². The molecule has 1 aromatic rings. The monoisotopic (exact) mass is 342 g/mol. The van der Waals surface area contributed by atoms with Crippen molar-refractivity contribution < 1.29 is 14.3 Å². The lowest BCUT2D eigenvalue weighted by Gasteiger charge is -2.36. The van der Waals surface area contributed by atoms with Crippen molar-refractivity contribution in [2.75, 3.05) is 25.5 Å². The quantitative estimate of drug-likeness (QED) is 0.659. The number of aryl methyl sites for hydroxylation is 1. The number of carbonyl (C=O) groups excluding carboxylic acids is 1. The SMILES string of the molecule is COC(=O)c1c(NC(=S)N2C[C@@H](C)O[C@@H](C)C2)sc(C)c1C. The van der Waals surface area contributed by atoms with Crippen LogP contribution in [0.2, 0.25) is 0 Å². The molecule has 7 heteroatoms. The molecule has 2 heterocycles. The highest BCUT2D eigenvalue weighted by Gasteiger charge is 2.26. The summed E-state index contributed by atoms with van der Waals surface area (Å²) in [7, 11) is 1.39. The van der Waals surface area contributed by atoms with Gasteiger partial charge in [-0.05, 0) is 45.5 Å². The normalized spacial score (nSPS) is 21.6. The van der Waals surface area contributed by atoms with Crippen molar-refractivity contribution in [2.24, 2.45) is 0 Å². The van der Waals surface area contributed by atoms with Gasteiger partial charge in [0.25, 0.3) is 0 Å². The topological polar surface area (TPSA) is 50.8 Å². The van der Waals surface area contributed by atoms with Crippen LogP contribution in [0.3, 0.4) is 0 Å². The zero-order valence-corrected chi connectivity index (χ0v) is 15.2. The van der Waals surface area contributed by atoms with E-state index in [1.54, 1.807) is 0 Å². The lowest BCUT2D eigenvalue weighted by molar-refractivity contribution is -0.0473. The molecule has 5 nitrogen and oxygen atoms in total. The molecule has 1 fully saturated rings. The third kappa shape index (κ3) is 3.59. The summed E-state index contributed by atoms with van der Waals surface area (Å²) < 4.78 is 10.6. The molecule has 1 aliphatic rings. The zero-order valence-electron chi connectivity index (χ0n) is 13.6. The van der Waals surface area contributed by atoms with Crippen molar-refractivity contribution in [3.8, 4) is 0 Å². The maximum Gasteiger partial charge on any atom is 0.341 e. The van der Waals surface area contributed by atoms with Gasteiger partial charge in [-0.3, -0.25) is 0 Å². The molecular weight excluding hydrogens is 320 g/mol. The Bertz CT molecular complexity index is 576. The predicted octanol–water partition coefficient (Wildman–Crippen LogP) is 2.96. The van der Waals surface area contributed by atoms with Gasteiger partial charge in [-0.2, -0.15) is 0 Å². The molecule has 122 valence electrons. The van der Waals surface area contributed by atoms with E-state index in [4.69, 9.17) is 21.7 Å². The number of carbonyl (C=O) groups is 1. The number of thiophene rings is 1. The van der Waals surface area contributed by atoms with Crippen LogP contribution in [0.25, 0.3) is 0 Å². The van der Waals surface area contributed by atoms with Crippen LogP contribution in [0.5, 0.6) is 0 Å². The Labute approximate surface area is 140 Å². The van der Waals surface area contributed by atoms with Crippen molar-refractivity contribution in [1.82, 2.24) is 4.90 Å². The first-order chi connectivity index (χ1) is 10.3. The Morgan fingerprint density at radius 3 is 2.50 bits per heavy atom. The Morgan fingerprint density at radius 2 is 1.95 bits per heavy atom. The second kappa shape index (κ2) is 6.93. The molecule has 22 heavy (non-hydrogen) atoms. The van der Waals surface area contributed by atoms with Gasteiger partial charge in [0.2, 0.25) is 0 Å². The van der Waals surface area contributed by atoms with E-state index in [0.717, 1.165) is 28.5 Å². The number of methoxy groups -OCH3 is 1. The highest BCUT2D eigenvalue weighted by atomic mass is 32.1. The van der Waals surface area contributed by atoms with Crippen LogP contribution in [0.4, 0.5) is 5.00 Å². The molecule has 2 rings (SSSR count). The van der Waals surface area contributed by atoms with Crippen LogP contribution in [0.15, 0.2) is 0 Å². The molecule has 2 atom stereocenters. The fourth-order valence-electron chi connectivity index (χ4n) is 2.58. The van der Waals surface area contributed by atoms with Crippen molar-refractivity contribution in [2.45, 2.75) is 39.9 Å².